The van der Waals surface area contributed by atoms with E-state index in [0.29, 0.717) is 64.1 Å². The van der Waals surface area contributed by atoms with Crippen LogP contribution in [0, 0.1) is 23.0 Å². The summed E-state index contributed by atoms with van der Waals surface area (Å²) >= 11 is 0. The van der Waals surface area contributed by atoms with Gasteiger partial charge in [0, 0.05) is 42.4 Å². The van der Waals surface area contributed by atoms with Crippen LogP contribution in [0.2, 0.25) is 0 Å². The van der Waals surface area contributed by atoms with Gasteiger partial charge in [-0.3, -0.25) is 4.79 Å². The lowest BCUT2D eigenvalue weighted by Gasteiger charge is -2.47. The highest BCUT2D eigenvalue weighted by atomic mass is 19.4. The number of hydrogen-bond donors (Lipinski definition) is 1. The second kappa shape index (κ2) is 11.6. The SMILES string of the molecule is O=C(c1ccc(-c2ccc(OCC3CCN(CC4(C(F)(F)F)CCC4)CC3)cc2F)c(F)c1)N1CCC[C@@H](O)C1. The molecule has 2 aromatic rings. The van der Waals surface area contributed by atoms with Crippen molar-refractivity contribution in [3.8, 4) is 16.9 Å². The van der Waals surface area contributed by atoms with Gasteiger partial charge in [0.2, 0.25) is 0 Å². The molecule has 5 nitrogen and oxygen atoms in total. The lowest BCUT2D eigenvalue weighted by atomic mass is 9.67. The van der Waals surface area contributed by atoms with Gasteiger partial charge in [-0.05, 0) is 81.8 Å². The molecule has 0 radical (unpaired) electrons. The first-order valence-electron chi connectivity index (χ1n) is 14.0. The highest BCUT2D eigenvalue weighted by molar-refractivity contribution is 5.95. The number of β-amino-alcohol motifs (C(OH)–C–C–N with tert-alkyl or cyclic N) is 1. The molecule has 5 rings (SSSR count). The van der Waals surface area contributed by atoms with Crippen molar-refractivity contribution in [2.45, 2.75) is 57.2 Å². The summed E-state index contributed by atoms with van der Waals surface area (Å²) in [6.07, 6.45) is -0.998. The molecular weight excluding hydrogens is 531 g/mol. The summed E-state index contributed by atoms with van der Waals surface area (Å²) in [7, 11) is 0. The zero-order valence-corrected chi connectivity index (χ0v) is 22.4. The minimum Gasteiger partial charge on any atom is -0.493 e. The van der Waals surface area contributed by atoms with Gasteiger partial charge in [-0.1, -0.05) is 12.5 Å². The maximum absolute atomic E-state index is 15.0. The molecule has 2 saturated heterocycles. The quantitative estimate of drug-likeness (QED) is 0.415. The number of likely N-dealkylation sites (tertiary alicyclic amines) is 2. The van der Waals surface area contributed by atoms with Crippen molar-refractivity contribution in [2.75, 3.05) is 39.3 Å². The number of carbonyl (C=O) groups is 1. The molecule has 10 heteroatoms. The lowest BCUT2D eigenvalue weighted by Crippen LogP contribution is -2.53. The van der Waals surface area contributed by atoms with E-state index >= 15 is 0 Å². The normalized spacial score (nSPS) is 22.1. The molecule has 1 atom stereocenters. The molecule has 2 aliphatic heterocycles. The predicted octanol–water partition coefficient (Wildman–Crippen LogP) is 6.05. The summed E-state index contributed by atoms with van der Waals surface area (Å²) in [6, 6.07) is 8.12. The lowest BCUT2D eigenvalue weighted by molar-refractivity contribution is -0.256. The first-order chi connectivity index (χ1) is 19.0. The molecule has 218 valence electrons. The van der Waals surface area contributed by atoms with Gasteiger partial charge >= 0.3 is 6.18 Å². The fraction of sp³-hybridized carbons (Fsp3) is 0.567. The second-order valence-electron chi connectivity index (χ2n) is 11.5. The Morgan fingerprint density at radius 1 is 0.950 bits per heavy atom. The zero-order valence-electron chi connectivity index (χ0n) is 22.4. The third kappa shape index (κ3) is 6.12. The third-order valence-corrected chi connectivity index (χ3v) is 8.76. The number of hydrogen-bond acceptors (Lipinski definition) is 4. The van der Waals surface area contributed by atoms with Gasteiger partial charge in [0.05, 0.1) is 18.1 Å². The summed E-state index contributed by atoms with van der Waals surface area (Å²) in [4.78, 5) is 16.1. The largest absolute Gasteiger partial charge is 0.493 e. The third-order valence-electron chi connectivity index (χ3n) is 8.76. The Labute approximate surface area is 230 Å². The van der Waals surface area contributed by atoms with E-state index < -0.39 is 29.3 Å². The van der Waals surface area contributed by atoms with Gasteiger partial charge in [-0.2, -0.15) is 13.2 Å². The molecule has 0 aromatic heterocycles. The molecule has 2 heterocycles. The van der Waals surface area contributed by atoms with Gasteiger partial charge in [0.25, 0.3) is 5.91 Å². The van der Waals surface area contributed by atoms with E-state index in [1.165, 1.54) is 29.2 Å². The molecule has 40 heavy (non-hydrogen) atoms. The smallest absolute Gasteiger partial charge is 0.395 e. The van der Waals surface area contributed by atoms with Crippen LogP contribution in [-0.2, 0) is 0 Å². The highest BCUT2D eigenvalue weighted by Gasteiger charge is 2.58. The number of benzene rings is 2. The van der Waals surface area contributed by atoms with Gasteiger partial charge in [0.15, 0.2) is 0 Å². The molecule has 0 unspecified atom stereocenters. The molecule has 1 amide bonds. The maximum atomic E-state index is 15.0. The van der Waals surface area contributed by atoms with Gasteiger partial charge in [-0.15, -0.1) is 0 Å². The van der Waals surface area contributed by atoms with Crippen LogP contribution in [0.3, 0.4) is 0 Å². The Bertz CT molecular complexity index is 1210. The number of halogens is 5. The van der Waals surface area contributed by atoms with Crippen LogP contribution < -0.4 is 4.74 Å². The zero-order chi connectivity index (χ0) is 28.5. The first-order valence-corrected chi connectivity index (χ1v) is 14.0. The minimum absolute atomic E-state index is 0.0229. The fourth-order valence-corrected chi connectivity index (χ4v) is 6.08. The van der Waals surface area contributed by atoms with E-state index in [9.17, 15) is 31.9 Å². The van der Waals surface area contributed by atoms with Crippen molar-refractivity contribution in [3.05, 3.63) is 53.6 Å². The molecule has 3 aliphatic rings. The van der Waals surface area contributed by atoms with Crippen molar-refractivity contribution >= 4 is 5.91 Å². The molecule has 0 bridgehead atoms. The molecule has 1 N–H and O–H groups in total. The predicted molar refractivity (Wildman–Crippen MR) is 140 cm³/mol. The average Bonchev–Trinajstić information content (AvgIpc) is 2.89. The highest BCUT2D eigenvalue weighted by Crippen LogP contribution is 2.53. The number of amides is 1. The summed E-state index contributed by atoms with van der Waals surface area (Å²) in [5.74, 6) is -1.31. The Hall–Kier alpha value is -2.72. The maximum Gasteiger partial charge on any atom is 0.395 e. The number of piperidine rings is 2. The van der Waals surface area contributed by atoms with Crippen LogP contribution in [0.4, 0.5) is 22.0 Å². The molecule has 1 aliphatic carbocycles. The molecular formula is C30H35F5N2O3. The van der Waals surface area contributed by atoms with Crippen LogP contribution in [0.15, 0.2) is 36.4 Å². The van der Waals surface area contributed by atoms with Crippen molar-refractivity contribution in [1.82, 2.24) is 9.80 Å². The topological polar surface area (TPSA) is 53.0 Å². The number of rotatable bonds is 7. The van der Waals surface area contributed by atoms with Crippen molar-refractivity contribution in [2.24, 2.45) is 11.3 Å². The molecule has 2 aromatic carbocycles. The van der Waals surface area contributed by atoms with Crippen molar-refractivity contribution < 1.29 is 36.6 Å². The van der Waals surface area contributed by atoms with Crippen LogP contribution in [0.5, 0.6) is 5.75 Å². The van der Waals surface area contributed by atoms with Crippen LogP contribution >= 0.6 is 0 Å². The van der Waals surface area contributed by atoms with E-state index in [2.05, 4.69) is 0 Å². The number of aliphatic hydroxyl groups is 1. The van der Waals surface area contributed by atoms with E-state index in [0.717, 1.165) is 6.07 Å². The number of alkyl halides is 3. The Morgan fingerprint density at radius 2 is 1.62 bits per heavy atom. The molecule has 1 saturated carbocycles. The Balaban J connectivity index is 1.14. The monoisotopic (exact) mass is 566 g/mol. The molecule has 0 spiro atoms. The second-order valence-corrected chi connectivity index (χ2v) is 11.5. The summed E-state index contributed by atoms with van der Waals surface area (Å²) in [5, 5.41) is 9.81. The summed E-state index contributed by atoms with van der Waals surface area (Å²) in [6.45, 7) is 2.24. The fourth-order valence-electron chi connectivity index (χ4n) is 6.08. The standard InChI is InChI=1S/C30H35F5N2O3/c31-26-15-21(28(39)37-12-1-3-22(38)17-37)4-6-24(26)25-7-5-23(16-27(25)32)40-18-20-8-13-36(14-9-20)19-29(10-2-11-29)30(33,34)35/h4-7,15-16,20,22,38H,1-3,8-14,17-19H2/t22-/m1/s1. The number of carbonyl (C=O) groups excluding carboxylic acids is 1. The van der Waals surface area contributed by atoms with Gasteiger partial charge in [0.1, 0.15) is 17.4 Å². The average molecular weight is 567 g/mol. The molecule has 3 fully saturated rings. The van der Waals surface area contributed by atoms with E-state index in [1.807, 2.05) is 4.90 Å². The van der Waals surface area contributed by atoms with E-state index in [1.54, 1.807) is 6.07 Å². The van der Waals surface area contributed by atoms with Crippen LogP contribution in [0.25, 0.3) is 11.1 Å². The van der Waals surface area contributed by atoms with Crippen molar-refractivity contribution in [1.29, 1.82) is 0 Å². The van der Waals surface area contributed by atoms with Crippen LogP contribution in [-0.4, -0.2) is 72.4 Å². The summed E-state index contributed by atoms with van der Waals surface area (Å²) < 4.78 is 76.2. The summed E-state index contributed by atoms with van der Waals surface area (Å²) in [5.41, 5.74) is -1.35. The van der Waals surface area contributed by atoms with E-state index in [4.69, 9.17) is 4.74 Å². The van der Waals surface area contributed by atoms with Gasteiger partial charge < -0.3 is 19.6 Å². The number of ether oxygens (including phenoxy) is 1. The number of nitrogens with zero attached hydrogens (tertiary/aromatic N) is 2. The first kappa shape index (κ1) is 28.8. The van der Waals surface area contributed by atoms with Crippen LogP contribution in [0.1, 0.15) is 55.3 Å². The Kier molecular flexibility index (Phi) is 8.38. The van der Waals surface area contributed by atoms with Gasteiger partial charge in [-0.25, -0.2) is 8.78 Å². The number of aliphatic hydroxyl groups excluding tert-OH is 1. The van der Waals surface area contributed by atoms with Crippen molar-refractivity contribution in [3.63, 3.8) is 0 Å². The van der Waals surface area contributed by atoms with E-state index in [-0.39, 0.29) is 54.4 Å². The Morgan fingerprint density at radius 3 is 2.20 bits per heavy atom. The minimum atomic E-state index is -4.17.